The molecule has 0 atom stereocenters. The zero-order chi connectivity index (χ0) is 24.5. The first-order valence-corrected chi connectivity index (χ1v) is 11.9. The summed E-state index contributed by atoms with van der Waals surface area (Å²) in [6.07, 6.45) is 2.16. The molecule has 34 heavy (non-hydrogen) atoms. The molecular formula is C21H15Cl2F2N5O3S. The summed E-state index contributed by atoms with van der Waals surface area (Å²) in [6, 6.07) is 8.19. The smallest absolute Gasteiger partial charge is 0.264 e. The van der Waals surface area contributed by atoms with E-state index in [1.165, 1.54) is 36.5 Å². The number of aromatic nitrogens is 3. The van der Waals surface area contributed by atoms with E-state index in [2.05, 4.69) is 20.3 Å². The van der Waals surface area contributed by atoms with Crippen LogP contribution in [0.2, 0.25) is 10.0 Å². The molecule has 0 fully saturated rings. The second-order valence-electron chi connectivity index (χ2n) is 6.94. The highest BCUT2D eigenvalue weighted by Crippen LogP contribution is 2.33. The first-order chi connectivity index (χ1) is 16.2. The number of anilines is 2. The van der Waals surface area contributed by atoms with Crippen LogP contribution in [0.25, 0.3) is 22.0 Å². The Kier molecular flexibility index (Phi) is 6.80. The largest absolute Gasteiger partial charge is 0.395 e. The van der Waals surface area contributed by atoms with E-state index in [0.29, 0.717) is 17.1 Å². The molecule has 13 heteroatoms. The average molecular weight is 526 g/mol. The first-order valence-electron chi connectivity index (χ1n) is 9.63. The van der Waals surface area contributed by atoms with E-state index in [4.69, 9.17) is 28.3 Å². The monoisotopic (exact) mass is 525 g/mol. The van der Waals surface area contributed by atoms with Gasteiger partial charge in [-0.3, -0.25) is 4.72 Å². The molecule has 4 aromatic rings. The fourth-order valence-electron chi connectivity index (χ4n) is 3.11. The lowest BCUT2D eigenvalue weighted by Crippen LogP contribution is -2.16. The van der Waals surface area contributed by atoms with Gasteiger partial charge >= 0.3 is 0 Å². The summed E-state index contributed by atoms with van der Waals surface area (Å²) in [7, 11) is -4.38. The number of aliphatic hydroxyl groups excluding tert-OH is 1. The number of sulfonamides is 1. The minimum absolute atomic E-state index is 0.101. The van der Waals surface area contributed by atoms with Crippen LogP contribution in [0.5, 0.6) is 0 Å². The Morgan fingerprint density at radius 2 is 1.82 bits per heavy atom. The molecule has 0 amide bonds. The molecule has 0 aliphatic rings. The lowest BCUT2D eigenvalue weighted by atomic mass is 10.0. The summed E-state index contributed by atoms with van der Waals surface area (Å²) in [5, 5.41) is 12.2. The van der Waals surface area contributed by atoms with E-state index in [9.17, 15) is 12.8 Å². The van der Waals surface area contributed by atoms with Crippen molar-refractivity contribution in [2.24, 2.45) is 0 Å². The van der Waals surface area contributed by atoms with E-state index in [-0.39, 0.29) is 39.6 Å². The van der Waals surface area contributed by atoms with Crippen LogP contribution in [0, 0.1) is 11.6 Å². The number of nitrogens with one attached hydrogen (secondary N) is 2. The Morgan fingerprint density at radius 3 is 2.59 bits per heavy atom. The van der Waals surface area contributed by atoms with E-state index in [1.54, 1.807) is 0 Å². The third-order valence-corrected chi connectivity index (χ3v) is 6.71. The number of fused-ring (bicyclic) bond motifs is 1. The number of aliphatic hydroxyl groups is 1. The van der Waals surface area contributed by atoms with Crippen LogP contribution in [-0.4, -0.2) is 41.6 Å². The van der Waals surface area contributed by atoms with Crippen molar-refractivity contribution in [3.63, 3.8) is 0 Å². The van der Waals surface area contributed by atoms with Gasteiger partial charge in [0, 0.05) is 23.2 Å². The number of rotatable bonds is 7. The molecule has 0 spiro atoms. The quantitative estimate of drug-likeness (QED) is 0.325. The van der Waals surface area contributed by atoms with Crippen molar-refractivity contribution < 1.29 is 22.3 Å². The second kappa shape index (κ2) is 9.63. The number of hydrogen-bond acceptors (Lipinski definition) is 7. The molecule has 2 aromatic heterocycles. The van der Waals surface area contributed by atoms with Gasteiger partial charge in [0.25, 0.3) is 10.0 Å². The summed E-state index contributed by atoms with van der Waals surface area (Å²) in [6.45, 7) is 0.159. The third-order valence-electron chi connectivity index (χ3n) is 4.65. The molecule has 3 N–H and O–H groups in total. The molecule has 176 valence electrons. The van der Waals surface area contributed by atoms with Crippen LogP contribution < -0.4 is 10.0 Å². The molecule has 0 aliphatic heterocycles. The lowest BCUT2D eigenvalue weighted by molar-refractivity contribution is 0.311. The topological polar surface area (TPSA) is 117 Å². The van der Waals surface area contributed by atoms with Gasteiger partial charge < -0.3 is 10.4 Å². The van der Waals surface area contributed by atoms with E-state index in [0.717, 1.165) is 6.07 Å². The van der Waals surface area contributed by atoms with Gasteiger partial charge in [-0.05, 0) is 35.9 Å². The van der Waals surface area contributed by atoms with Crippen molar-refractivity contribution in [1.82, 2.24) is 15.0 Å². The normalized spacial score (nSPS) is 11.6. The van der Waals surface area contributed by atoms with Crippen molar-refractivity contribution in [2.45, 2.75) is 4.90 Å². The van der Waals surface area contributed by atoms with Crippen LogP contribution in [0.15, 0.2) is 53.7 Å². The Bertz CT molecular complexity index is 1510. The highest BCUT2D eigenvalue weighted by Gasteiger charge is 2.24. The van der Waals surface area contributed by atoms with Gasteiger partial charge in [-0.15, -0.1) is 0 Å². The van der Waals surface area contributed by atoms with Gasteiger partial charge in [-0.25, -0.2) is 32.2 Å². The van der Waals surface area contributed by atoms with Crippen LogP contribution in [-0.2, 0) is 10.0 Å². The summed E-state index contributed by atoms with van der Waals surface area (Å²) in [4.78, 5) is 11.5. The molecule has 2 aromatic carbocycles. The predicted molar refractivity (Wildman–Crippen MR) is 126 cm³/mol. The molecule has 0 saturated carbocycles. The fraction of sp³-hybridized carbons (Fsp3) is 0.0952. The Labute approximate surface area is 202 Å². The van der Waals surface area contributed by atoms with Crippen molar-refractivity contribution in [3.8, 4) is 11.1 Å². The van der Waals surface area contributed by atoms with Crippen LogP contribution >= 0.6 is 23.2 Å². The molecule has 0 saturated heterocycles. The predicted octanol–water partition coefficient (Wildman–Crippen LogP) is 4.48. The summed E-state index contributed by atoms with van der Waals surface area (Å²) < 4.78 is 57.4. The first kappa shape index (κ1) is 24.0. The molecule has 2 heterocycles. The standard InChI is InChI=1S/C21H15Cl2F2N5O3S/c22-13-2-3-14(23)17(8-13)34(32,33)30-20-19(25)18(15(24)10-27-20)11-1-4-16-12(7-11)9-28-21(29-16)26-5-6-31/h1-4,7-10,31H,5-6H2,(H,27,30)(H,26,28,29). The summed E-state index contributed by atoms with van der Waals surface area (Å²) >= 11 is 11.8. The zero-order valence-electron chi connectivity index (χ0n) is 17.1. The van der Waals surface area contributed by atoms with E-state index in [1.807, 2.05) is 4.72 Å². The van der Waals surface area contributed by atoms with E-state index < -0.39 is 33.0 Å². The number of benzene rings is 2. The molecular weight excluding hydrogens is 511 g/mol. The molecule has 0 aliphatic carbocycles. The van der Waals surface area contributed by atoms with Crippen molar-refractivity contribution in [1.29, 1.82) is 0 Å². The minimum Gasteiger partial charge on any atom is -0.395 e. The average Bonchev–Trinajstić information content (AvgIpc) is 2.81. The lowest BCUT2D eigenvalue weighted by Gasteiger charge is -2.13. The van der Waals surface area contributed by atoms with Crippen molar-refractivity contribution in [2.75, 3.05) is 23.2 Å². The van der Waals surface area contributed by atoms with Gasteiger partial charge in [-0.2, -0.15) is 0 Å². The van der Waals surface area contributed by atoms with Gasteiger partial charge in [0.05, 0.1) is 28.9 Å². The number of hydrogen-bond donors (Lipinski definition) is 3. The second-order valence-corrected chi connectivity index (χ2v) is 9.44. The highest BCUT2D eigenvalue weighted by molar-refractivity contribution is 7.92. The SMILES string of the molecule is O=S(=O)(Nc1ncc(F)c(-c2ccc3nc(NCCO)ncc3c2)c1F)c1cc(Cl)ccc1Cl. The van der Waals surface area contributed by atoms with Crippen LogP contribution in [0.3, 0.4) is 0 Å². The summed E-state index contributed by atoms with van der Waals surface area (Å²) in [5.74, 6) is -2.65. The maximum absolute atomic E-state index is 15.3. The van der Waals surface area contributed by atoms with Gasteiger partial charge in [0.15, 0.2) is 17.5 Å². The Hall–Kier alpha value is -3.12. The number of pyridine rings is 1. The number of nitrogens with zero attached hydrogens (tertiary/aromatic N) is 3. The minimum atomic E-state index is -4.38. The van der Waals surface area contributed by atoms with Gasteiger partial charge in [0.1, 0.15) is 4.90 Å². The highest BCUT2D eigenvalue weighted by atomic mass is 35.5. The molecule has 8 nitrogen and oxygen atoms in total. The molecule has 0 unspecified atom stereocenters. The van der Waals surface area contributed by atoms with Crippen LogP contribution in [0.4, 0.5) is 20.5 Å². The molecule has 4 rings (SSSR count). The fourth-order valence-corrected chi connectivity index (χ4v) is 4.88. The zero-order valence-corrected chi connectivity index (χ0v) is 19.4. The van der Waals surface area contributed by atoms with Crippen molar-refractivity contribution in [3.05, 3.63) is 70.5 Å². The summed E-state index contributed by atoms with van der Waals surface area (Å²) in [5.41, 5.74) is 0.116. The van der Waals surface area contributed by atoms with Gasteiger partial charge in [0.2, 0.25) is 5.95 Å². The third kappa shape index (κ3) is 4.87. The maximum Gasteiger partial charge on any atom is 0.264 e. The maximum atomic E-state index is 15.3. The van der Waals surface area contributed by atoms with E-state index >= 15 is 4.39 Å². The van der Waals surface area contributed by atoms with Gasteiger partial charge in [-0.1, -0.05) is 29.3 Å². The van der Waals surface area contributed by atoms with Crippen molar-refractivity contribution >= 4 is 55.9 Å². The Balaban J connectivity index is 1.73. The van der Waals surface area contributed by atoms with Crippen LogP contribution in [0.1, 0.15) is 0 Å². The molecule has 0 bridgehead atoms. The molecule has 0 radical (unpaired) electrons. The number of halogens is 4. The Morgan fingerprint density at radius 1 is 1.03 bits per heavy atom.